The molecule has 2 heteroatoms. The van der Waals surface area contributed by atoms with Crippen LogP contribution in [0.1, 0.15) is 13.8 Å². The molecule has 0 heterocycles. The van der Waals surface area contributed by atoms with E-state index < -0.39 is 0 Å². The molecule has 2 nitrogen and oxygen atoms in total. The smallest absolute Gasteiger partial charge is 0.0349 e. The van der Waals surface area contributed by atoms with Crippen LogP contribution in [-0.2, 0) is 0 Å². The van der Waals surface area contributed by atoms with Crippen LogP contribution in [-0.4, -0.2) is 31.6 Å². The second-order valence-electron chi connectivity index (χ2n) is 2.36. The standard InChI is InChI=1S/C8H18N2/c1-5-9-7-8(3)10(4)6-2/h9H,3,5-7H2,1-2,4H3. The number of nitrogens with zero attached hydrogens (tertiary/aromatic N) is 1. The van der Waals surface area contributed by atoms with Crippen molar-refractivity contribution in [1.82, 2.24) is 10.2 Å². The van der Waals surface area contributed by atoms with Gasteiger partial charge in [-0.2, -0.15) is 0 Å². The zero-order valence-corrected chi connectivity index (χ0v) is 7.28. The fourth-order valence-corrected chi connectivity index (χ4v) is 0.628. The van der Waals surface area contributed by atoms with Crippen LogP contribution in [0.25, 0.3) is 0 Å². The first-order valence-corrected chi connectivity index (χ1v) is 3.82. The van der Waals surface area contributed by atoms with Crippen molar-refractivity contribution in [3.05, 3.63) is 12.3 Å². The zero-order chi connectivity index (χ0) is 7.98. The molecule has 1 N–H and O–H groups in total. The number of hydrogen-bond acceptors (Lipinski definition) is 2. The zero-order valence-electron chi connectivity index (χ0n) is 7.28. The minimum Gasteiger partial charge on any atom is -0.378 e. The minimum atomic E-state index is 0.904. The molecule has 0 rings (SSSR count). The van der Waals surface area contributed by atoms with Gasteiger partial charge in [-0.3, -0.25) is 0 Å². The molecule has 0 amide bonds. The summed E-state index contributed by atoms with van der Waals surface area (Å²) in [6.07, 6.45) is 0. The van der Waals surface area contributed by atoms with Crippen molar-refractivity contribution in [2.45, 2.75) is 13.8 Å². The first-order chi connectivity index (χ1) is 4.72. The van der Waals surface area contributed by atoms with Crippen LogP contribution in [0.4, 0.5) is 0 Å². The van der Waals surface area contributed by atoms with Gasteiger partial charge >= 0.3 is 0 Å². The first kappa shape index (κ1) is 9.50. The van der Waals surface area contributed by atoms with Crippen molar-refractivity contribution in [2.75, 3.05) is 26.7 Å². The van der Waals surface area contributed by atoms with Crippen LogP contribution in [0.15, 0.2) is 12.3 Å². The summed E-state index contributed by atoms with van der Waals surface area (Å²) in [7, 11) is 2.06. The van der Waals surface area contributed by atoms with Gasteiger partial charge in [0, 0.05) is 25.8 Å². The normalized spacial score (nSPS) is 9.50. The van der Waals surface area contributed by atoms with E-state index in [1.54, 1.807) is 0 Å². The summed E-state index contributed by atoms with van der Waals surface area (Å²) in [5.41, 5.74) is 1.16. The summed E-state index contributed by atoms with van der Waals surface area (Å²) in [6, 6.07) is 0. The molecule has 0 saturated heterocycles. The van der Waals surface area contributed by atoms with E-state index in [1.165, 1.54) is 0 Å². The Bertz CT molecular complexity index is 99.4. The molecule has 0 aromatic carbocycles. The van der Waals surface area contributed by atoms with Gasteiger partial charge in [-0.25, -0.2) is 0 Å². The topological polar surface area (TPSA) is 15.3 Å². The molecule has 0 spiro atoms. The predicted octanol–water partition coefficient (Wildman–Crippen LogP) is 1.06. The summed E-state index contributed by atoms with van der Waals surface area (Å²) < 4.78 is 0. The van der Waals surface area contributed by atoms with Crippen LogP contribution in [0, 0.1) is 0 Å². The summed E-state index contributed by atoms with van der Waals surface area (Å²) in [4.78, 5) is 2.14. The first-order valence-electron chi connectivity index (χ1n) is 3.82. The SMILES string of the molecule is C=C(CNCC)N(C)CC. The Hall–Kier alpha value is -0.500. The van der Waals surface area contributed by atoms with Crippen molar-refractivity contribution in [2.24, 2.45) is 0 Å². The van der Waals surface area contributed by atoms with Gasteiger partial charge in [0.15, 0.2) is 0 Å². The highest BCUT2D eigenvalue weighted by molar-refractivity contribution is 4.93. The fourth-order valence-electron chi connectivity index (χ4n) is 0.628. The van der Waals surface area contributed by atoms with Crippen LogP contribution in [0.5, 0.6) is 0 Å². The Morgan fingerprint density at radius 3 is 2.50 bits per heavy atom. The average Bonchev–Trinajstić information content (AvgIpc) is 1.98. The summed E-state index contributed by atoms with van der Waals surface area (Å²) in [5.74, 6) is 0. The lowest BCUT2D eigenvalue weighted by Gasteiger charge is -2.19. The lowest BCUT2D eigenvalue weighted by Crippen LogP contribution is -2.26. The van der Waals surface area contributed by atoms with Crippen LogP contribution < -0.4 is 5.32 Å². The van der Waals surface area contributed by atoms with E-state index >= 15 is 0 Å². The number of hydrogen-bond donors (Lipinski definition) is 1. The molecule has 0 aliphatic rings. The second kappa shape index (κ2) is 5.30. The van der Waals surface area contributed by atoms with Crippen molar-refractivity contribution in [3.8, 4) is 0 Å². The van der Waals surface area contributed by atoms with Gasteiger partial charge in [0.1, 0.15) is 0 Å². The van der Waals surface area contributed by atoms with Crippen LogP contribution >= 0.6 is 0 Å². The van der Waals surface area contributed by atoms with Gasteiger partial charge < -0.3 is 10.2 Å². The molecular formula is C8H18N2. The van der Waals surface area contributed by atoms with Gasteiger partial charge in [-0.15, -0.1) is 0 Å². The molecular weight excluding hydrogens is 124 g/mol. The largest absolute Gasteiger partial charge is 0.378 e. The molecule has 0 fully saturated rings. The summed E-state index contributed by atoms with van der Waals surface area (Å²) in [6.45, 7) is 11.1. The molecule has 0 aliphatic heterocycles. The third-order valence-corrected chi connectivity index (χ3v) is 1.59. The van der Waals surface area contributed by atoms with Crippen molar-refractivity contribution in [1.29, 1.82) is 0 Å². The van der Waals surface area contributed by atoms with Gasteiger partial charge in [-0.05, 0) is 13.5 Å². The maximum atomic E-state index is 3.93. The highest BCUT2D eigenvalue weighted by atomic mass is 15.1. The fraction of sp³-hybridized carbons (Fsp3) is 0.750. The van der Waals surface area contributed by atoms with Crippen LogP contribution in [0.2, 0.25) is 0 Å². The molecule has 0 aromatic rings. The number of rotatable bonds is 5. The molecule has 10 heavy (non-hydrogen) atoms. The van der Waals surface area contributed by atoms with Crippen molar-refractivity contribution in [3.63, 3.8) is 0 Å². The Morgan fingerprint density at radius 1 is 1.50 bits per heavy atom. The number of likely N-dealkylation sites (N-methyl/N-ethyl adjacent to an activating group) is 2. The lowest BCUT2D eigenvalue weighted by atomic mass is 10.4. The number of nitrogens with one attached hydrogen (secondary N) is 1. The highest BCUT2D eigenvalue weighted by Gasteiger charge is 1.95. The van der Waals surface area contributed by atoms with Crippen molar-refractivity contribution < 1.29 is 0 Å². The Morgan fingerprint density at radius 2 is 2.10 bits per heavy atom. The Balaban J connectivity index is 3.42. The Labute approximate surface area is 63.9 Å². The molecule has 0 aromatic heterocycles. The molecule has 60 valence electrons. The molecule has 0 atom stereocenters. The molecule has 0 unspecified atom stereocenters. The van der Waals surface area contributed by atoms with E-state index in [0.717, 1.165) is 25.3 Å². The quantitative estimate of drug-likeness (QED) is 0.617. The Kier molecular flexibility index (Phi) is 5.03. The molecule has 0 saturated carbocycles. The van der Waals surface area contributed by atoms with Gasteiger partial charge in [0.25, 0.3) is 0 Å². The third-order valence-electron chi connectivity index (χ3n) is 1.59. The minimum absolute atomic E-state index is 0.904. The summed E-state index contributed by atoms with van der Waals surface area (Å²) in [5, 5.41) is 3.22. The molecule has 0 radical (unpaired) electrons. The van der Waals surface area contributed by atoms with Gasteiger partial charge in [0.2, 0.25) is 0 Å². The van der Waals surface area contributed by atoms with Gasteiger partial charge in [0.05, 0.1) is 0 Å². The van der Waals surface area contributed by atoms with E-state index in [4.69, 9.17) is 0 Å². The van der Waals surface area contributed by atoms with E-state index in [0.29, 0.717) is 0 Å². The van der Waals surface area contributed by atoms with E-state index in [-0.39, 0.29) is 0 Å². The van der Waals surface area contributed by atoms with E-state index in [2.05, 4.69) is 37.7 Å². The highest BCUT2D eigenvalue weighted by Crippen LogP contribution is 1.93. The van der Waals surface area contributed by atoms with Crippen molar-refractivity contribution >= 4 is 0 Å². The third kappa shape index (κ3) is 3.51. The predicted molar refractivity (Wildman–Crippen MR) is 46.0 cm³/mol. The maximum Gasteiger partial charge on any atom is 0.0349 e. The maximum absolute atomic E-state index is 3.93. The van der Waals surface area contributed by atoms with E-state index in [9.17, 15) is 0 Å². The van der Waals surface area contributed by atoms with Gasteiger partial charge in [-0.1, -0.05) is 13.5 Å². The molecule has 0 bridgehead atoms. The summed E-state index contributed by atoms with van der Waals surface area (Å²) >= 11 is 0. The molecule has 0 aliphatic carbocycles. The average molecular weight is 142 g/mol. The van der Waals surface area contributed by atoms with E-state index in [1.807, 2.05) is 0 Å². The monoisotopic (exact) mass is 142 g/mol. The second-order valence-corrected chi connectivity index (χ2v) is 2.36. The van der Waals surface area contributed by atoms with Crippen LogP contribution in [0.3, 0.4) is 0 Å². The lowest BCUT2D eigenvalue weighted by molar-refractivity contribution is 0.426.